The largest absolute Gasteiger partial charge is 0.507 e. The predicted molar refractivity (Wildman–Crippen MR) is 99.6 cm³/mol. The number of esters is 1. The molecule has 0 fully saturated rings. The van der Waals surface area contributed by atoms with Crippen molar-refractivity contribution in [3.05, 3.63) is 46.5 Å². The summed E-state index contributed by atoms with van der Waals surface area (Å²) >= 11 is 6.08. The number of phenols is 2. The van der Waals surface area contributed by atoms with Gasteiger partial charge in [0.2, 0.25) is 0 Å². The minimum atomic E-state index is -0.767. The number of carbonyl (C=O) groups is 2. The zero-order chi connectivity index (χ0) is 19.4. The average molecular weight is 379 g/mol. The van der Waals surface area contributed by atoms with Gasteiger partial charge in [-0.2, -0.15) is 0 Å². The second kappa shape index (κ2) is 8.41. The minimum absolute atomic E-state index is 0.0541. The summed E-state index contributed by atoms with van der Waals surface area (Å²) in [5.41, 5.74) is -0.131. The molecule has 0 unspecified atom stereocenters. The molecule has 26 heavy (non-hydrogen) atoms. The molecule has 0 radical (unpaired) electrons. The predicted octanol–water partition coefficient (Wildman–Crippen LogP) is 4.20. The summed E-state index contributed by atoms with van der Waals surface area (Å²) in [6.07, 6.45) is 6.82. The molecule has 0 spiro atoms. The van der Waals surface area contributed by atoms with E-state index in [0.717, 1.165) is 6.07 Å². The number of hydrogen-bond acceptors (Lipinski definition) is 5. The molecule has 1 heterocycles. The van der Waals surface area contributed by atoms with E-state index in [1.165, 1.54) is 6.08 Å². The number of cyclic esters (lactones) is 1. The van der Waals surface area contributed by atoms with Crippen molar-refractivity contribution in [3.63, 3.8) is 0 Å². The van der Waals surface area contributed by atoms with Crippen LogP contribution in [-0.2, 0) is 16.0 Å². The molecule has 0 bridgehead atoms. The Balaban J connectivity index is 2.51. The van der Waals surface area contributed by atoms with Crippen LogP contribution >= 0.6 is 11.6 Å². The van der Waals surface area contributed by atoms with Gasteiger partial charge in [-0.25, -0.2) is 4.79 Å². The maximum Gasteiger partial charge on any atom is 0.342 e. The molecule has 1 aromatic rings. The lowest BCUT2D eigenvalue weighted by Gasteiger charge is -2.22. The number of hydrogen-bond donors (Lipinski definition) is 2. The van der Waals surface area contributed by atoms with Gasteiger partial charge in [-0.15, -0.1) is 0 Å². The van der Waals surface area contributed by atoms with Crippen LogP contribution in [0.5, 0.6) is 11.5 Å². The zero-order valence-corrected chi connectivity index (χ0v) is 15.8. The van der Waals surface area contributed by atoms with E-state index in [-0.39, 0.29) is 46.3 Å². The Morgan fingerprint density at radius 3 is 2.50 bits per heavy atom. The van der Waals surface area contributed by atoms with Crippen molar-refractivity contribution in [2.45, 2.75) is 39.7 Å². The van der Waals surface area contributed by atoms with E-state index in [1.54, 1.807) is 13.0 Å². The van der Waals surface area contributed by atoms with E-state index in [1.807, 2.05) is 12.2 Å². The molecule has 6 heteroatoms. The topological polar surface area (TPSA) is 83.8 Å². The average Bonchev–Trinajstić information content (AvgIpc) is 2.54. The molecular formula is C20H23ClO5. The molecule has 3 atom stereocenters. The second-order valence-electron chi connectivity index (χ2n) is 6.76. The number of fused-ring (bicyclic) bond motifs is 1. The molecule has 0 amide bonds. The molecule has 1 aromatic carbocycles. The summed E-state index contributed by atoms with van der Waals surface area (Å²) in [5, 5.41) is 19.8. The summed E-state index contributed by atoms with van der Waals surface area (Å²) < 4.78 is 5.46. The lowest BCUT2D eigenvalue weighted by molar-refractivity contribution is -0.114. The van der Waals surface area contributed by atoms with Crippen LogP contribution in [0, 0.1) is 11.8 Å². The van der Waals surface area contributed by atoms with Crippen LogP contribution in [0.3, 0.4) is 0 Å². The van der Waals surface area contributed by atoms with Crippen molar-refractivity contribution in [2.75, 3.05) is 0 Å². The number of benzene rings is 1. The highest BCUT2D eigenvalue weighted by atomic mass is 35.5. The Labute approximate surface area is 157 Å². The minimum Gasteiger partial charge on any atom is -0.507 e. The maximum atomic E-state index is 12.6. The van der Waals surface area contributed by atoms with Crippen molar-refractivity contribution in [3.8, 4) is 11.5 Å². The number of ether oxygens (including phenoxy) is 1. The van der Waals surface area contributed by atoms with E-state index in [2.05, 4.69) is 13.8 Å². The number of allylic oxidation sites excluding steroid dienone is 4. The molecule has 0 saturated heterocycles. The van der Waals surface area contributed by atoms with Gasteiger partial charge in [0.1, 0.15) is 17.1 Å². The van der Waals surface area contributed by atoms with Crippen LogP contribution in [0.4, 0.5) is 0 Å². The first-order valence-electron chi connectivity index (χ1n) is 8.52. The van der Waals surface area contributed by atoms with Gasteiger partial charge in [-0.05, 0) is 31.3 Å². The van der Waals surface area contributed by atoms with E-state index in [9.17, 15) is 19.8 Å². The second-order valence-corrected chi connectivity index (χ2v) is 7.14. The van der Waals surface area contributed by atoms with Gasteiger partial charge in [-0.1, -0.05) is 43.7 Å². The number of halogens is 1. The number of phenolic OH excluding ortho intramolecular Hbond substituents is 2. The van der Waals surface area contributed by atoms with Gasteiger partial charge in [0, 0.05) is 18.1 Å². The lowest BCUT2D eigenvalue weighted by Crippen LogP contribution is -2.21. The van der Waals surface area contributed by atoms with Crippen LogP contribution in [0.25, 0.3) is 0 Å². The fourth-order valence-electron chi connectivity index (χ4n) is 2.93. The van der Waals surface area contributed by atoms with Crippen molar-refractivity contribution in [2.24, 2.45) is 11.8 Å². The zero-order valence-electron chi connectivity index (χ0n) is 15.0. The van der Waals surface area contributed by atoms with E-state index >= 15 is 0 Å². The van der Waals surface area contributed by atoms with Gasteiger partial charge in [0.25, 0.3) is 0 Å². The Bertz CT molecular complexity index is 766. The van der Waals surface area contributed by atoms with E-state index < -0.39 is 17.5 Å². The Morgan fingerprint density at radius 1 is 1.12 bits per heavy atom. The van der Waals surface area contributed by atoms with Crippen LogP contribution in [0.1, 0.15) is 43.1 Å². The van der Waals surface area contributed by atoms with Crippen LogP contribution in [0.2, 0.25) is 5.02 Å². The summed E-state index contributed by atoms with van der Waals surface area (Å²) in [7, 11) is 0. The quantitative estimate of drug-likeness (QED) is 0.661. The molecule has 2 N–H and O–H groups in total. The molecule has 1 aliphatic heterocycles. The molecule has 0 saturated carbocycles. The number of carbonyl (C=O) groups excluding carboxylic acids is 2. The molecule has 0 aliphatic carbocycles. The third-order valence-corrected chi connectivity index (χ3v) is 5.02. The number of rotatable bonds is 0. The normalized spacial score (nSPS) is 27.2. The van der Waals surface area contributed by atoms with E-state index in [0.29, 0.717) is 6.42 Å². The number of ketones is 1. The first kappa shape index (κ1) is 20.0. The summed E-state index contributed by atoms with van der Waals surface area (Å²) in [6, 6.07) is 0.976. The summed E-state index contributed by atoms with van der Waals surface area (Å²) in [4.78, 5) is 24.8. The SMILES string of the molecule is C[C@@H]1C[C@@H](C)[C@@H](C)/C=C\C=C\C(=O)Cc2c(Cl)c(O)cc(O)c2C(=O)O1. The first-order valence-corrected chi connectivity index (χ1v) is 8.90. The molecular weight excluding hydrogens is 356 g/mol. The van der Waals surface area contributed by atoms with Gasteiger partial charge in [0.15, 0.2) is 5.78 Å². The molecule has 5 nitrogen and oxygen atoms in total. The molecule has 1 aliphatic rings. The molecule has 0 aromatic heterocycles. The smallest absolute Gasteiger partial charge is 0.342 e. The monoisotopic (exact) mass is 378 g/mol. The third-order valence-electron chi connectivity index (χ3n) is 4.59. The molecule has 140 valence electrons. The van der Waals surface area contributed by atoms with Crippen molar-refractivity contribution in [1.29, 1.82) is 0 Å². The highest BCUT2D eigenvalue weighted by molar-refractivity contribution is 6.33. The fraction of sp³-hybridized carbons (Fsp3) is 0.400. The van der Waals surface area contributed by atoms with Gasteiger partial charge >= 0.3 is 5.97 Å². The summed E-state index contributed by atoms with van der Waals surface area (Å²) in [5.74, 6) is -1.46. The number of aromatic hydroxyl groups is 2. The first-order chi connectivity index (χ1) is 12.2. The van der Waals surface area contributed by atoms with Crippen molar-refractivity contribution < 1.29 is 24.5 Å². The Hall–Kier alpha value is -2.27. The highest BCUT2D eigenvalue weighted by Crippen LogP contribution is 2.37. The van der Waals surface area contributed by atoms with Crippen LogP contribution in [-0.4, -0.2) is 28.1 Å². The Kier molecular flexibility index (Phi) is 6.48. The standard InChI is InChI=1S/C20H23ClO5/c1-11-6-4-5-7-14(22)9-15-18(16(23)10-17(24)19(15)21)20(25)26-13(3)8-12(11)2/h4-7,10-13,23-24H,8-9H2,1-3H3/b6-4-,7-5+/t11-,12+,13+/m0/s1. The fourth-order valence-corrected chi connectivity index (χ4v) is 3.15. The Morgan fingerprint density at radius 2 is 1.81 bits per heavy atom. The van der Waals surface area contributed by atoms with Gasteiger partial charge < -0.3 is 14.9 Å². The third kappa shape index (κ3) is 4.67. The lowest BCUT2D eigenvalue weighted by atomic mass is 9.90. The van der Waals surface area contributed by atoms with Gasteiger partial charge in [-0.3, -0.25) is 4.79 Å². The van der Waals surface area contributed by atoms with Crippen molar-refractivity contribution >= 4 is 23.4 Å². The van der Waals surface area contributed by atoms with E-state index in [4.69, 9.17) is 16.3 Å². The maximum absolute atomic E-state index is 12.6. The van der Waals surface area contributed by atoms with Crippen LogP contribution in [0.15, 0.2) is 30.4 Å². The van der Waals surface area contributed by atoms with Crippen LogP contribution < -0.4 is 0 Å². The van der Waals surface area contributed by atoms with Gasteiger partial charge in [0.05, 0.1) is 11.1 Å². The summed E-state index contributed by atoms with van der Waals surface area (Å²) in [6.45, 7) is 5.89. The molecule has 2 rings (SSSR count). The highest BCUT2D eigenvalue weighted by Gasteiger charge is 2.26. The van der Waals surface area contributed by atoms with Crippen molar-refractivity contribution in [1.82, 2.24) is 0 Å².